The van der Waals surface area contributed by atoms with Gasteiger partial charge in [0, 0.05) is 32.3 Å². The van der Waals surface area contributed by atoms with Gasteiger partial charge in [0.2, 0.25) is 0 Å². The lowest BCUT2D eigenvalue weighted by Gasteiger charge is -2.04. The molecule has 0 aliphatic carbocycles. The van der Waals surface area contributed by atoms with Crippen LogP contribution in [0.4, 0.5) is 5.69 Å². The van der Waals surface area contributed by atoms with Gasteiger partial charge in [0.15, 0.2) is 0 Å². The van der Waals surface area contributed by atoms with E-state index in [4.69, 9.17) is 9.47 Å². The first-order chi connectivity index (χ1) is 8.63. The Morgan fingerprint density at radius 3 is 2.50 bits per heavy atom. The highest BCUT2D eigenvalue weighted by Gasteiger charge is 2.07. The molecular formula is C12H15NO5. The van der Waals surface area contributed by atoms with Crippen molar-refractivity contribution in [3.05, 3.63) is 39.9 Å². The molecule has 0 aromatic heterocycles. The highest BCUT2D eigenvalue weighted by Crippen LogP contribution is 2.12. The number of hydrogen-bond donors (Lipinski definition) is 0. The van der Waals surface area contributed by atoms with E-state index in [1.54, 1.807) is 19.2 Å². The monoisotopic (exact) mass is 253 g/mol. The number of carbonyl (C=O) groups is 1. The minimum atomic E-state index is -0.479. The van der Waals surface area contributed by atoms with E-state index in [0.717, 1.165) is 0 Å². The summed E-state index contributed by atoms with van der Waals surface area (Å²) in [5, 5.41) is 10.4. The maximum atomic E-state index is 11.4. The van der Waals surface area contributed by atoms with Crippen LogP contribution in [0.2, 0.25) is 0 Å². The number of rotatable bonds is 7. The first-order valence-electron chi connectivity index (χ1n) is 5.51. The van der Waals surface area contributed by atoms with Crippen molar-refractivity contribution in [2.45, 2.75) is 12.8 Å². The molecule has 0 aliphatic heterocycles. The number of benzene rings is 1. The molecule has 0 unspecified atom stereocenters. The van der Waals surface area contributed by atoms with Gasteiger partial charge in [-0.1, -0.05) is 12.1 Å². The molecule has 6 heteroatoms. The van der Waals surface area contributed by atoms with Gasteiger partial charge in [0.25, 0.3) is 5.69 Å². The van der Waals surface area contributed by atoms with Crippen molar-refractivity contribution < 1.29 is 19.2 Å². The van der Waals surface area contributed by atoms with Crippen molar-refractivity contribution in [2.24, 2.45) is 0 Å². The zero-order chi connectivity index (χ0) is 13.4. The summed E-state index contributed by atoms with van der Waals surface area (Å²) in [4.78, 5) is 21.4. The lowest BCUT2D eigenvalue weighted by Crippen LogP contribution is -2.10. The van der Waals surface area contributed by atoms with Crippen LogP contribution < -0.4 is 0 Å². The number of non-ortho nitro benzene ring substituents is 1. The summed E-state index contributed by atoms with van der Waals surface area (Å²) in [5.41, 5.74) is 0.699. The number of hydrogen-bond acceptors (Lipinski definition) is 5. The van der Waals surface area contributed by atoms with E-state index in [0.29, 0.717) is 25.2 Å². The van der Waals surface area contributed by atoms with Gasteiger partial charge in [-0.2, -0.15) is 0 Å². The SMILES string of the molecule is COCCCOC(=O)Cc1ccc([N+](=O)[O-])cc1. The fraction of sp³-hybridized carbons (Fsp3) is 0.417. The lowest BCUT2D eigenvalue weighted by atomic mass is 10.1. The number of nitrogens with zero attached hydrogens (tertiary/aromatic N) is 1. The van der Waals surface area contributed by atoms with E-state index >= 15 is 0 Å². The van der Waals surface area contributed by atoms with E-state index in [2.05, 4.69) is 0 Å². The lowest BCUT2D eigenvalue weighted by molar-refractivity contribution is -0.384. The van der Waals surface area contributed by atoms with Crippen molar-refractivity contribution in [2.75, 3.05) is 20.3 Å². The largest absolute Gasteiger partial charge is 0.465 e. The van der Waals surface area contributed by atoms with Gasteiger partial charge >= 0.3 is 5.97 Å². The van der Waals surface area contributed by atoms with Gasteiger partial charge < -0.3 is 9.47 Å². The molecule has 0 aliphatic rings. The second-order valence-electron chi connectivity index (χ2n) is 3.67. The molecule has 0 amide bonds. The third kappa shape index (κ3) is 4.92. The minimum Gasteiger partial charge on any atom is -0.465 e. The number of methoxy groups -OCH3 is 1. The molecular weight excluding hydrogens is 238 g/mol. The summed E-state index contributed by atoms with van der Waals surface area (Å²) in [6, 6.07) is 5.84. The Morgan fingerprint density at radius 2 is 1.94 bits per heavy atom. The Balaban J connectivity index is 2.37. The molecule has 0 saturated heterocycles. The van der Waals surface area contributed by atoms with Crippen molar-refractivity contribution >= 4 is 11.7 Å². The summed E-state index contributed by atoms with van der Waals surface area (Å²) in [7, 11) is 1.58. The zero-order valence-electron chi connectivity index (χ0n) is 10.1. The topological polar surface area (TPSA) is 78.7 Å². The van der Waals surface area contributed by atoms with Crippen LogP contribution in [0.3, 0.4) is 0 Å². The first-order valence-corrected chi connectivity index (χ1v) is 5.51. The Hall–Kier alpha value is -1.95. The molecule has 6 nitrogen and oxygen atoms in total. The summed E-state index contributed by atoms with van der Waals surface area (Å²) in [6.07, 6.45) is 0.771. The maximum absolute atomic E-state index is 11.4. The normalized spacial score (nSPS) is 10.1. The van der Waals surface area contributed by atoms with Crippen LogP contribution in [-0.4, -0.2) is 31.2 Å². The van der Waals surface area contributed by atoms with Crippen LogP contribution in [0.25, 0.3) is 0 Å². The quantitative estimate of drug-likeness (QED) is 0.320. The molecule has 1 aromatic carbocycles. The number of carbonyl (C=O) groups excluding carboxylic acids is 1. The number of nitro groups is 1. The second kappa shape index (κ2) is 7.39. The average molecular weight is 253 g/mol. The van der Waals surface area contributed by atoms with Crippen LogP contribution in [0.15, 0.2) is 24.3 Å². The van der Waals surface area contributed by atoms with Crippen LogP contribution in [0, 0.1) is 10.1 Å². The summed E-state index contributed by atoms with van der Waals surface area (Å²) in [6.45, 7) is 0.866. The third-order valence-electron chi connectivity index (χ3n) is 2.25. The molecule has 0 heterocycles. The molecule has 0 spiro atoms. The molecule has 0 radical (unpaired) electrons. The van der Waals surface area contributed by atoms with Crippen molar-refractivity contribution in [3.8, 4) is 0 Å². The minimum absolute atomic E-state index is 0.00668. The van der Waals surface area contributed by atoms with Crippen molar-refractivity contribution in [3.63, 3.8) is 0 Å². The zero-order valence-corrected chi connectivity index (χ0v) is 10.1. The van der Waals surface area contributed by atoms with E-state index in [9.17, 15) is 14.9 Å². The highest BCUT2D eigenvalue weighted by molar-refractivity contribution is 5.72. The van der Waals surface area contributed by atoms with Gasteiger partial charge in [0.1, 0.15) is 0 Å². The highest BCUT2D eigenvalue weighted by atomic mass is 16.6. The van der Waals surface area contributed by atoms with Crippen molar-refractivity contribution in [1.29, 1.82) is 0 Å². The van der Waals surface area contributed by atoms with E-state index < -0.39 is 4.92 Å². The molecule has 18 heavy (non-hydrogen) atoms. The molecule has 0 N–H and O–H groups in total. The van der Waals surface area contributed by atoms with Crippen LogP contribution >= 0.6 is 0 Å². The standard InChI is InChI=1S/C12H15NO5/c1-17-7-2-8-18-12(14)9-10-3-5-11(6-4-10)13(15)16/h3-6H,2,7-9H2,1H3. The Bertz CT molecular complexity index is 401. The molecule has 0 saturated carbocycles. The Morgan fingerprint density at radius 1 is 1.28 bits per heavy atom. The number of nitro benzene ring substituents is 1. The number of ether oxygens (including phenoxy) is 2. The molecule has 98 valence electrons. The predicted octanol–water partition coefficient (Wildman–Crippen LogP) is 1.72. The Kier molecular flexibility index (Phi) is 5.79. The molecule has 1 aromatic rings. The van der Waals surface area contributed by atoms with E-state index in [-0.39, 0.29) is 18.1 Å². The molecule has 0 bridgehead atoms. The fourth-order valence-corrected chi connectivity index (χ4v) is 1.34. The van der Waals surface area contributed by atoms with Crippen LogP contribution in [0.1, 0.15) is 12.0 Å². The molecule has 1 rings (SSSR count). The smallest absolute Gasteiger partial charge is 0.310 e. The van der Waals surface area contributed by atoms with Gasteiger partial charge in [-0.05, 0) is 5.56 Å². The van der Waals surface area contributed by atoms with Gasteiger partial charge in [-0.15, -0.1) is 0 Å². The van der Waals surface area contributed by atoms with Gasteiger partial charge in [-0.3, -0.25) is 14.9 Å². The fourth-order valence-electron chi connectivity index (χ4n) is 1.34. The summed E-state index contributed by atoms with van der Waals surface area (Å²) >= 11 is 0. The number of esters is 1. The van der Waals surface area contributed by atoms with E-state index in [1.807, 2.05) is 0 Å². The third-order valence-corrected chi connectivity index (χ3v) is 2.25. The first kappa shape index (κ1) is 14.1. The van der Waals surface area contributed by atoms with Gasteiger partial charge in [0.05, 0.1) is 18.0 Å². The second-order valence-corrected chi connectivity index (χ2v) is 3.67. The summed E-state index contributed by atoms with van der Waals surface area (Å²) < 4.78 is 9.80. The van der Waals surface area contributed by atoms with Crippen LogP contribution in [-0.2, 0) is 20.7 Å². The van der Waals surface area contributed by atoms with Crippen LogP contribution in [0.5, 0.6) is 0 Å². The van der Waals surface area contributed by atoms with Gasteiger partial charge in [-0.25, -0.2) is 0 Å². The Labute approximate surface area is 105 Å². The maximum Gasteiger partial charge on any atom is 0.310 e. The average Bonchev–Trinajstić information content (AvgIpc) is 2.35. The predicted molar refractivity (Wildman–Crippen MR) is 64.3 cm³/mol. The van der Waals surface area contributed by atoms with Crippen molar-refractivity contribution in [1.82, 2.24) is 0 Å². The molecule has 0 fully saturated rings. The molecule has 0 atom stereocenters. The summed E-state index contributed by atoms with van der Waals surface area (Å²) in [5.74, 6) is -0.347. The van der Waals surface area contributed by atoms with E-state index in [1.165, 1.54) is 12.1 Å².